The first-order chi connectivity index (χ1) is 13.1. The van der Waals surface area contributed by atoms with Gasteiger partial charge in [0.2, 0.25) is 10.0 Å². The van der Waals surface area contributed by atoms with Gasteiger partial charge in [0.15, 0.2) is 5.78 Å². The highest BCUT2D eigenvalue weighted by molar-refractivity contribution is 7.89. The summed E-state index contributed by atoms with van der Waals surface area (Å²) in [5, 5.41) is 0. The maximum atomic E-state index is 12.9. The summed E-state index contributed by atoms with van der Waals surface area (Å²) in [6, 6.07) is 14.8. The highest BCUT2D eigenvalue weighted by atomic mass is 32.2. The molecule has 150 valence electrons. The second kappa shape index (κ2) is 7.80. The van der Waals surface area contributed by atoms with Gasteiger partial charge >= 0.3 is 0 Å². The molecule has 1 aliphatic heterocycles. The molecule has 2 aromatic carbocycles. The molecular weight excluding hydrogens is 370 g/mol. The summed E-state index contributed by atoms with van der Waals surface area (Å²) in [5.74, 6) is -0.00204. The van der Waals surface area contributed by atoms with E-state index in [1.807, 2.05) is 43.3 Å². The number of carbonyl (C=O) groups is 1. The third-order valence-electron chi connectivity index (χ3n) is 5.52. The van der Waals surface area contributed by atoms with Crippen molar-refractivity contribution in [2.75, 3.05) is 13.1 Å². The van der Waals surface area contributed by atoms with Crippen molar-refractivity contribution in [3.63, 3.8) is 0 Å². The Morgan fingerprint density at radius 1 is 0.929 bits per heavy atom. The first-order valence-corrected chi connectivity index (χ1v) is 11.2. The van der Waals surface area contributed by atoms with Crippen molar-refractivity contribution >= 4 is 15.8 Å². The molecule has 4 nitrogen and oxygen atoms in total. The third-order valence-corrected chi connectivity index (χ3v) is 7.43. The average molecular weight is 400 g/mol. The molecule has 0 spiro atoms. The maximum Gasteiger partial charge on any atom is 0.243 e. The van der Waals surface area contributed by atoms with Crippen LogP contribution in [-0.4, -0.2) is 31.6 Å². The second-order valence-corrected chi connectivity index (χ2v) is 10.6. The number of nitrogens with zero attached hydrogens (tertiary/aromatic N) is 1. The number of ketones is 1. The van der Waals surface area contributed by atoms with E-state index in [0.717, 1.165) is 5.56 Å². The summed E-state index contributed by atoms with van der Waals surface area (Å²) >= 11 is 0. The molecule has 1 fully saturated rings. The molecule has 0 radical (unpaired) electrons. The molecule has 5 heteroatoms. The highest BCUT2D eigenvalue weighted by Gasteiger charge is 2.32. The molecule has 0 bridgehead atoms. The Kier molecular flexibility index (Phi) is 5.78. The monoisotopic (exact) mass is 399 g/mol. The minimum absolute atomic E-state index is 0.0528. The summed E-state index contributed by atoms with van der Waals surface area (Å²) in [6.07, 6.45) is 1.12. The largest absolute Gasteiger partial charge is 0.294 e. The van der Waals surface area contributed by atoms with Crippen molar-refractivity contribution in [1.82, 2.24) is 4.31 Å². The van der Waals surface area contributed by atoms with Crippen LogP contribution in [0.3, 0.4) is 0 Å². The average Bonchev–Trinajstić information content (AvgIpc) is 2.67. The van der Waals surface area contributed by atoms with Gasteiger partial charge in [0.25, 0.3) is 0 Å². The van der Waals surface area contributed by atoms with E-state index >= 15 is 0 Å². The lowest BCUT2D eigenvalue weighted by molar-refractivity contribution is 0.0875. The van der Waals surface area contributed by atoms with Crippen LogP contribution >= 0.6 is 0 Å². The van der Waals surface area contributed by atoms with E-state index in [9.17, 15) is 13.2 Å². The van der Waals surface area contributed by atoms with Crippen LogP contribution < -0.4 is 0 Å². The van der Waals surface area contributed by atoms with Crippen LogP contribution in [0.5, 0.6) is 0 Å². The molecule has 1 heterocycles. The lowest BCUT2D eigenvalue weighted by Crippen LogP contribution is -2.40. The smallest absolute Gasteiger partial charge is 0.243 e. The van der Waals surface area contributed by atoms with Crippen LogP contribution in [0.4, 0.5) is 0 Å². The van der Waals surface area contributed by atoms with E-state index < -0.39 is 10.0 Å². The second-order valence-electron chi connectivity index (χ2n) is 8.68. The van der Waals surface area contributed by atoms with E-state index in [-0.39, 0.29) is 17.1 Å². The van der Waals surface area contributed by atoms with Gasteiger partial charge in [-0.3, -0.25) is 4.79 Å². The van der Waals surface area contributed by atoms with Gasteiger partial charge in [0, 0.05) is 24.6 Å². The van der Waals surface area contributed by atoms with Crippen molar-refractivity contribution in [2.24, 2.45) is 5.92 Å². The maximum absolute atomic E-state index is 12.9. The summed E-state index contributed by atoms with van der Waals surface area (Å²) in [4.78, 5) is 13.2. The minimum atomic E-state index is -3.49. The highest BCUT2D eigenvalue weighted by Crippen LogP contribution is 2.28. The summed E-state index contributed by atoms with van der Waals surface area (Å²) in [7, 11) is -3.49. The molecule has 0 amide bonds. The lowest BCUT2D eigenvalue weighted by atomic mass is 9.85. The first kappa shape index (κ1) is 20.7. The van der Waals surface area contributed by atoms with E-state index in [1.54, 1.807) is 12.1 Å². The van der Waals surface area contributed by atoms with E-state index in [1.165, 1.54) is 9.87 Å². The molecule has 28 heavy (non-hydrogen) atoms. The van der Waals surface area contributed by atoms with Gasteiger partial charge in [0.05, 0.1) is 4.90 Å². The molecule has 1 aliphatic rings. The molecule has 3 rings (SSSR count). The van der Waals surface area contributed by atoms with Gasteiger partial charge in [-0.15, -0.1) is 0 Å². The van der Waals surface area contributed by atoms with Crippen molar-refractivity contribution in [2.45, 2.75) is 50.8 Å². The van der Waals surface area contributed by atoms with Gasteiger partial charge in [-0.1, -0.05) is 62.7 Å². The summed E-state index contributed by atoms with van der Waals surface area (Å²) < 4.78 is 27.1. The van der Waals surface area contributed by atoms with Crippen LogP contribution in [0.2, 0.25) is 0 Å². The number of rotatable bonds is 4. The summed E-state index contributed by atoms with van der Waals surface area (Å²) in [6.45, 7) is 9.14. The van der Waals surface area contributed by atoms with Crippen molar-refractivity contribution in [3.05, 3.63) is 65.2 Å². The minimum Gasteiger partial charge on any atom is -0.294 e. The van der Waals surface area contributed by atoms with Gasteiger partial charge in [-0.2, -0.15) is 4.31 Å². The van der Waals surface area contributed by atoms with E-state index in [0.29, 0.717) is 36.4 Å². The number of sulfonamides is 1. The molecular formula is C23H29NO3S. The number of Topliss-reactive ketones (excluding diaryl/α,β-unsaturated/α-hetero) is 1. The Hall–Kier alpha value is -1.98. The number of piperidine rings is 1. The molecule has 0 aliphatic carbocycles. The predicted molar refractivity (Wildman–Crippen MR) is 112 cm³/mol. The third kappa shape index (κ3) is 4.36. The Morgan fingerprint density at radius 2 is 1.46 bits per heavy atom. The SMILES string of the molecule is Cc1ccc(S(=O)(=O)N2CCC(C(=O)c3ccc(C(C)(C)C)cc3)CC2)cc1. The van der Waals surface area contributed by atoms with Crippen LogP contribution in [0.1, 0.15) is 55.1 Å². The van der Waals surface area contributed by atoms with Crippen molar-refractivity contribution in [1.29, 1.82) is 0 Å². The fourth-order valence-electron chi connectivity index (χ4n) is 3.59. The predicted octanol–water partition coefficient (Wildman–Crippen LogP) is 4.58. The quantitative estimate of drug-likeness (QED) is 0.707. The molecule has 0 N–H and O–H groups in total. The van der Waals surface area contributed by atoms with E-state index in [4.69, 9.17) is 0 Å². The Balaban J connectivity index is 1.66. The first-order valence-electron chi connectivity index (χ1n) is 9.80. The Bertz CT molecular complexity index is 931. The van der Waals surface area contributed by atoms with Crippen LogP contribution in [0.15, 0.2) is 53.4 Å². The molecule has 2 aromatic rings. The molecule has 0 atom stereocenters. The van der Waals surface area contributed by atoms with Crippen molar-refractivity contribution in [3.8, 4) is 0 Å². The topological polar surface area (TPSA) is 54.5 Å². The molecule has 0 unspecified atom stereocenters. The van der Waals surface area contributed by atoms with Crippen LogP contribution in [0, 0.1) is 12.8 Å². The number of carbonyl (C=O) groups excluding carboxylic acids is 1. The molecule has 0 aromatic heterocycles. The fourth-order valence-corrected chi connectivity index (χ4v) is 5.06. The molecule has 1 saturated heterocycles. The molecule has 0 saturated carbocycles. The zero-order valence-electron chi connectivity index (χ0n) is 17.1. The zero-order valence-corrected chi connectivity index (χ0v) is 17.9. The number of aryl methyl sites for hydroxylation is 1. The zero-order chi connectivity index (χ0) is 20.5. The standard InChI is InChI=1S/C23H29NO3S/c1-17-5-11-21(12-6-17)28(26,27)24-15-13-19(14-16-24)22(25)18-7-9-20(10-8-18)23(2,3)4/h5-12,19H,13-16H2,1-4H3. The number of hydrogen-bond acceptors (Lipinski definition) is 3. The summed E-state index contributed by atoms with van der Waals surface area (Å²) in [5.41, 5.74) is 2.99. The fraction of sp³-hybridized carbons (Fsp3) is 0.435. The number of benzene rings is 2. The normalized spacial score (nSPS) is 16.9. The van der Waals surface area contributed by atoms with Gasteiger partial charge in [-0.25, -0.2) is 8.42 Å². The lowest BCUT2D eigenvalue weighted by Gasteiger charge is -2.30. The number of hydrogen-bond donors (Lipinski definition) is 0. The van der Waals surface area contributed by atoms with Gasteiger partial charge in [0.1, 0.15) is 0 Å². The van der Waals surface area contributed by atoms with Gasteiger partial charge in [-0.05, 0) is 42.9 Å². The van der Waals surface area contributed by atoms with Crippen molar-refractivity contribution < 1.29 is 13.2 Å². The Labute approximate surface area is 168 Å². The van der Waals surface area contributed by atoms with E-state index in [2.05, 4.69) is 20.8 Å². The van der Waals surface area contributed by atoms with Crippen LogP contribution in [0.25, 0.3) is 0 Å². The van der Waals surface area contributed by atoms with Crippen LogP contribution in [-0.2, 0) is 15.4 Å². The Morgan fingerprint density at radius 3 is 1.96 bits per heavy atom. The van der Waals surface area contributed by atoms with Gasteiger partial charge < -0.3 is 0 Å².